The molecule has 22 heavy (non-hydrogen) atoms. The zero-order valence-electron chi connectivity index (χ0n) is 12.0. The molecule has 1 saturated heterocycles. The third-order valence-corrected chi connectivity index (χ3v) is 3.57. The first-order valence-corrected chi connectivity index (χ1v) is 6.96. The molecule has 5 nitrogen and oxygen atoms in total. The van der Waals surface area contributed by atoms with E-state index in [2.05, 4.69) is 5.32 Å². The van der Waals surface area contributed by atoms with E-state index in [4.69, 9.17) is 4.74 Å². The maximum absolute atomic E-state index is 12.4. The zero-order chi connectivity index (χ0) is 16.3. The van der Waals surface area contributed by atoms with Gasteiger partial charge in [-0.15, -0.1) is 0 Å². The van der Waals surface area contributed by atoms with Gasteiger partial charge in [-0.3, -0.25) is 9.59 Å². The van der Waals surface area contributed by atoms with E-state index in [-0.39, 0.29) is 11.8 Å². The van der Waals surface area contributed by atoms with Crippen LogP contribution in [0.3, 0.4) is 0 Å². The number of hydrogen-bond donors (Lipinski definition) is 1. The number of carbonyl (C=O) groups excluding carboxylic acids is 1. The van der Waals surface area contributed by atoms with E-state index in [0.717, 1.165) is 12.6 Å². The number of nitrogens with zero attached hydrogens (tertiary/aromatic N) is 1. The predicted octanol–water partition coefficient (Wildman–Crippen LogP) is 2.16. The summed E-state index contributed by atoms with van der Waals surface area (Å²) >= 11 is 0. The number of anilines is 1. The summed E-state index contributed by atoms with van der Waals surface area (Å²) in [5, 5.41) is 2.42. The van der Waals surface area contributed by atoms with Crippen LogP contribution < -0.4 is 10.9 Å². The van der Waals surface area contributed by atoms with E-state index in [1.54, 1.807) is 6.92 Å². The van der Waals surface area contributed by atoms with E-state index in [1.807, 2.05) is 0 Å². The molecule has 8 heteroatoms. The molecule has 0 radical (unpaired) electrons. The number of rotatable bonds is 3. The van der Waals surface area contributed by atoms with E-state index in [9.17, 15) is 22.8 Å². The summed E-state index contributed by atoms with van der Waals surface area (Å²) in [4.78, 5) is 24.1. The lowest BCUT2D eigenvalue weighted by molar-refractivity contribution is -0.141. The number of aromatic nitrogens is 1. The maximum atomic E-state index is 12.4. The first-order valence-electron chi connectivity index (χ1n) is 6.96. The van der Waals surface area contributed by atoms with Gasteiger partial charge in [-0.25, -0.2) is 0 Å². The molecule has 2 heterocycles. The van der Waals surface area contributed by atoms with Gasteiger partial charge >= 0.3 is 6.18 Å². The van der Waals surface area contributed by atoms with E-state index in [1.165, 1.54) is 12.1 Å². The van der Waals surface area contributed by atoms with Crippen LogP contribution in [0.5, 0.6) is 0 Å². The number of carbonyl (C=O) groups is 1. The molecule has 1 fully saturated rings. The SMILES string of the molecule is C[C@@H]1OCCC[C@H]1C(=O)Nc1cccn(CC(F)(F)F)c1=O. The van der Waals surface area contributed by atoms with Crippen molar-refractivity contribution < 1.29 is 22.7 Å². The lowest BCUT2D eigenvalue weighted by Gasteiger charge is -2.27. The summed E-state index contributed by atoms with van der Waals surface area (Å²) in [5.41, 5.74) is -1.04. The Morgan fingerprint density at radius 2 is 2.23 bits per heavy atom. The summed E-state index contributed by atoms with van der Waals surface area (Å²) in [6.07, 6.45) is -2.39. The fourth-order valence-corrected chi connectivity index (χ4v) is 2.44. The van der Waals surface area contributed by atoms with Crippen molar-refractivity contribution in [2.45, 2.75) is 38.6 Å². The minimum Gasteiger partial charge on any atom is -0.378 e. The normalized spacial score (nSPS) is 22.4. The highest BCUT2D eigenvalue weighted by Crippen LogP contribution is 2.22. The highest BCUT2D eigenvalue weighted by Gasteiger charge is 2.30. The molecule has 1 aliphatic heterocycles. The molecule has 1 aromatic rings. The fourth-order valence-electron chi connectivity index (χ4n) is 2.44. The largest absolute Gasteiger partial charge is 0.406 e. The van der Waals surface area contributed by atoms with Gasteiger partial charge in [0.1, 0.15) is 12.2 Å². The molecule has 0 aromatic carbocycles. The molecule has 0 unspecified atom stereocenters. The van der Waals surface area contributed by atoms with Crippen molar-refractivity contribution in [3.63, 3.8) is 0 Å². The van der Waals surface area contributed by atoms with Gasteiger partial charge in [0.2, 0.25) is 5.91 Å². The Labute approximate surface area is 125 Å². The number of ether oxygens (including phenoxy) is 1. The van der Waals surface area contributed by atoms with Crippen molar-refractivity contribution in [2.24, 2.45) is 5.92 Å². The topological polar surface area (TPSA) is 60.3 Å². The van der Waals surface area contributed by atoms with Crippen LogP contribution in [0.25, 0.3) is 0 Å². The van der Waals surface area contributed by atoms with Crippen molar-refractivity contribution >= 4 is 11.6 Å². The minimum absolute atomic E-state index is 0.158. The molecule has 122 valence electrons. The number of halogens is 3. The number of hydrogen-bond acceptors (Lipinski definition) is 3. The number of alkyl halides is 3. The summed E-state index contributed by atoms with van der Waals surface area (Å²) in [7, 11) is 0. The van der Waals surface area contributed by atoms with Crippen molar-refractivity contribution in [3.8, 4) is 0 Å². The molecular weight excluding hydrogens is 301 g/mol. The Morgan fingerprint density at radius 1 is 1.50 bits per heavy atom. The molecule has 1 N–H and O–H groups in total. The molecule has 1 aliphatic rings. The van der Waals surface area contributed by atoms with Crippen LogP contribution in [0.1, 0.15) is 19.8 Å². The first-order chi connectivity index (χ1) is 10.3. The van der Waals surface area contributed by atoms with Crippen molar-refractivity contribution in [1.29, 1.82) is 0 Å². The monoisotopic (exact) mass is 318 g/mol. The van der Waals surface area contributed by atoms with Gasteiger partial charge in [0.05, 0.1) is 12.0 Å². The highest BCUT2D eigenvalue weighted by molar-refractivity contribution is 5.92. The molecule has 2 rings (SSSR count). The van der Waals surface area contributed by atoms with E-state index in [0.29, 0.717) is 17.6 Å². The van der Waals surface area contributed by atoms with Gasteiger partial charge in [0, 0.05) is 12.8 Å². The smallest absolute Gasteiger partial charge is 0.378 e. The van der Waals surface area contributed by atoms with Crippen LogP contribution in [-0.2, 0) is 16.1 Å². The Bertz CT molecular complexity index is 598. The Morgan fingerprint density at radius 3 is 2.86 bits per heavy atom. The molecule has 1 aromatic heterocycles. The fraction of sp³-hybridized carbons (Fsp3) is 0.571. The second-order valence-electron chi connectivity index (χ2n) is 5.28. The second kappa shape index (κ2) is 6.51. The van der Waals surface area contributed by atoms with Crippen LogP contribution in [-0.4, -0.2) is 29.4 Å². The average Bonchev–Trinajstić information content (AvgIpc) is 2.42. The summed E-state index contributed by atoms with van der Waals surface area (Å²) < 4.78 is 43.1. The summed E-state index contributed by atoms with van der Waals surface area (Å²) in [6, 6.07) is 2.59. The maximum Gasteiger partial charge on any atom is 0.406 e. The molecule has 0 spiro atoms. The van der Waals surface area contributed by atoms with Crippen molar-refractivity contribution in [2.75, 3.05) is 11.9 Å². The Hall–Kier alpha value is -1.83. The molecular formula is C14H17F3N2O3. The van der Waals surface area contributed by atoms with Gasteiger partial charge in [-0.2, -0.15) is 13.2 Å². The molecule has 0 bridgehead atoms. The van der Waals surface area contributed by atoms with E-state index >= 15 is 0 Å². The minimum atomic E-state index is -4.50. The summed E-state index contributed by atoms with van der Waals surface area (Å²) in [5.74, 6) is -0.821. The number of nitrogens with one attached hydrogen (secondary N) is 1. The highest BCUT2D eigenvalue weighted by atomic mass is 19.4. The molecule has 0 saturated carbocycles. The number of pyridine rings is 1. The van der Waals surface area contributed by atoms with Crippen LogP contribution in [0.15, 0.2) is 23.1 Å². The van der Waals surface area contributed by atoms with Crippen molar-refractivity contribution in [1.82, 2.24) is 4.57 Å². The lowest BCUT2D eigenvalue weighted by atomic mass is 9.94. The lowest BCUT2D eigenvalue weighted by Crippen LogP contribution is -2.38. The standard InChI is InChI=1S/C14H17F3N2O3/c1-9-10(4-3-7-22-9)12(20)18-11-5-2-6-19(13(11)21)8-14(15,16)17/h2,5-6,9-10H,3-4,7-8H2,1H3,(H,18,20)/t9-,10+/m0/s1. The Balaban J connectivity index is 2.14. The first kappa shape index (κ1) is 16.5. The van der Waals surface area contributed by atoms with Gasteiger partial charge in [-0.05, 0) is 31.9 Å². The Kier molecular flexibility index (Phi) is 4.90. The average molecular weight is 318 g/mol. The van der Waals surface area contributed by atoms with Crippen LogP contribution in [0.4, 0.5) is 18.9 Å². The molecule has 2 atom stereocenters. The second-order valence-corrected chi connectivity index (χ2v) is 5.28. The van der Waals surface area contributed by atoms with E-state index < -0.39 is 30.1 Å². The van der Waals surface area contributed by atoms with Crippen molar-refractivity contribution in [3.05, 3.63) is 28.7 Å². The number of amides is 1. The zero-order valence-corrected chi connectivity index (χ0v) is 12.0. The van der Waals surface area contributed by atoms with Gasteiger partial charge < -0.3 is 14.6 Å². The quantitative estimate of drug-likeness (QED) is 0.929. The van der Waals surface area contributed by atoms with Crippen LogP contribution in [0, 0.1) is 5.92 Å². The van der Waals surface area contributed by atoms with Gasteiger partial charge in [0.15, 0.2) is 0 Å². The van der Waals surface area contributed by atoms with Crippen LogP contribution in [0.2, 0.25) is 0 Å². The summed E-state index contributed by atoms with van der Waals surface area (Å²) in [6.45, 7) is 0.948. The molecule has 1 amide bonds. The van der Waals surface area contributed by atoms with Gasteiger partial charge in [0.25, 0.3) is 5.56 Å². The predicted molar refractivity (Wildman–Crippen MR) is 73.5 cm³/mol. The van der Waals surface area contributed by atoms with Gasteiger partial charge in [-0.1, -0.05) is 0 Å². The third kappa shape index (κ3) is 4.09. The molecule has 0 aliphatic carbocycles. The third-order valence-electron chi connectivity index (χ3n) is 3.57. The van der Waals surface area contributed by atoms with Crippen LogP contribution >= 0.6 is 0 Å².